The average Bonchev–Trinajstić information content (AvgIpc) is 2.69. The lowest BCUT2D eigenvalue weighted by Crippen LogP contribution is -2.30. The van der Waals surface area contributed by atoms with Crippen molar-refractivity contribution < 1.29 is 24.9 Å². The second-order valence-corrected chi connectivity index (χ2v) is 4.15. The number of carbonyl (C=O) groups is 1. The molecule has 0 aliphatic carbocycles. The number of hydrogen-bond acceptors (Lipinski definition) is 7. The standard InChI is InChI=1S/C10H13N3O6/c11-8-4(9(16)17)2-13(10(18)12-8)7-1-5(15)6(3-14)19-7/h2,5-7,14-15H,1,3H2,(H,16,17)(H2,11,12,18)/t5-,6+,7+/m1/s1. The van der Waals surface area contributed by atoms with Gasteiger partial charge in [0.25, 0.3) is 0 Å². The third-order valence-electron chi connectivity index (χ3n) is 2.91. The van der Waals surface area contributed by atoms with Gasteiger partial charge in [-0.15, -0.1) is 0 Å². The summed E-state index contributed by atoms with van der Waals surface area (Å²) in [5.74, 6) is -1.71. The molecule has 0 unspecified atom stereocenters. The summed E-state index contributed by atoms with van der Waals surface area (Å²) < 4.78 is 6.20. The van der Waals surface area contributed by atoms with Crippen molar-refractivity contribution in [3.63, 3.8) is 0 Å². The summed E-state index contributed by atoms with van der Waals surface area (Å²) in [5, 5.41) is 27.4. The fraction of sp³-hybridized carbons (Fsp3) is 0.500. The smallest absolute Gasteiger partial charge is 0.351 e. The zero-order valence-corrected chi connectivity index (χ0v) is 9.76. The number of rotatable bonds is 3. The lowest BCUT2D eigenvalue weighted by molar-refractivity contribution is -0.0459. The topological polar surface area (TPSA) is 148 Å². The summed E-state index contributed by atoms with van der Waals surface area (Å²) in [7, 11) is 0. The number of carboxylic acid groups (broad SMARTS) is 1. The second-order valence-electron chi connectivity index (χ2n) is 4.15. The number of nitrogens with two attached hydrogens (primary N) is 1. The quantitative estimate of drug-likeness (QED) is 0.501. The lowest BCUT2D eigenvalue weighted by atomic mass is 10.2. The molecule has 0 radical (unpaired) electrons. The minimum absolute atomic E-state index is 0.0514. The molecule has 0 aromatic carbocycles. The van der Waals surface area contributed by atoms with Gasteiger partial charge >= 0.3 is 11.7 Å². The first-order valence-electron chi connectivity index (χ1n) is 5.50. The normalized spacial score (nSPS) is 26.5. The zero-order chi connectivity index (χ0) is 14.2. The fourth-order valence-corrected chi connectivity index (χ4v) is 1.90. The van der Waals surface area contributed by atoms with Gasteiger partial charge in [0.1, 0.15) is 23.7 Å². The summed E-state index contributed by atoms with van der Waals surface area (Å²) >= 11 is 0. The van der Waals surface area contributed by atoms with Crippen LogP contribution in [0.1, 0.15) is 23.0 Å². The van der Waals surface area contributed by atoms with Crippen LogP contribution in [-0.2, 0) is 4.74 Å². The molecule has 1 fully saturated rings. The van der Waals surface area contributed by atoms with Crippen molar-refractivity contribution in [1.29, 1.82) is 0 Å². The monoisotopic (exact) mass is 271 g/mol. The van der Waals surface area contributed by atoms with Gasteiger partial charge in [-0.05, 0) is 0 Å². The minimum atomic E-state index is -1.32. The maximum absolute atomic E-state index is 11.7. The molecule has 1 saturated heterocycles. The van der Waals surface area contributed by atoms with E-state index < -0.39 is 36.7 Å². The molecule has 1 aliphatic heterocycles. The first kappa shape index (κ1) is 13.5. The van der Waals surface area contributed by atoms with E-state index in [1.165, 1.54) is 0 Å². The summed E-state index contributed by atoms with van der Waals surface area (Å²) in [5.41, 5.74) is 4.23. The number of nitrogens with zero attached hydrogens (tertiary/aromatic N) is 2. The number of aromatic carboxylic acids is 1. The number of aliphatic hydroxyl groups is 2. The molecule has 9 nitrogen and oxygen atoms in total. The van der Waals surface area contributed by atoms with Crippen molar-refractivity contribution in [3.8, 4) is 0 Å². The van der Waals surface area contributed by atoms with Crippen molar-refractivity contribution in [2.24, 2.45) is 0 Å². The van der Waals surface area contributed by atoms with E-state index in [1.807, 2.05) is 0 Å². The molecule has 0 spiro atoms. The summed E-state index contributed by atoms with van der Waals surface area (Å²) in [6.07, 6.45) is -1.57. The number of anilines is 1. The fourth-order valence-electron chi connectivity index (χ4n) is 1.90. The maximum Gasteiger partial charge on any atom is 0.351 e. The first-order valence-corrected chi connectivity index (χ1v) is 5.50. The highest BCUT2D eigenvalue weighted by atomic mass is 16.5. The van der Waals surface area contributed by atoms with Gasteiger partial charge in [0, 0.05) is 12.6 Å². The van der Waals surface area contributed by atoms with Crippen molar-refractivity contribution in [3.05, 3.63) is 22.2 Å². The van der Waals surface area contributed by atoms with Gasteiger partial charge < -0.3 is 25.8 Å². The van der Waals surface area contributed by atoms with E-state index in [9.17, 15) is 14.7 Å². The van der Waals surface area contributed by atoms with Crippen LogP contribution in [0.4, 0.5) is 5.82 Å². The van der Waals surface area contributed by atoms with E-state index in [1.54, 1.807) is 0 Å². The Labute approximate surface area is 106 Å². The molecule has 2 heterocycles. The van der Waals surface area contributed by atoms with E-state index >= 15 is 0 Å². The van der Waals surface area contributed by atoms with Gasteiger partial charge in [-0.1, -0.05) is 0 Å². The van der Waals surface area contributed by atoms with Crippen molar-refractivity contribution in [2.45, 2.75) is 24.9 Å². The largest absolute Gasteiger partial charge is 0.478 e. The van der Waals surface area contributed by atoms with Gasteiger partial charge in [-0.2, -0.15) is 4.98 Å². The Balaban J connectivity index is 2.38. The zero-order valence-electron chi connectivity index (χ0n) is 9.76. The highest BCUT2D eigenvalue weighted by Crippen LogP contribution is 2.27. The van der Waals surface area contributed by atoms with Gasteiger partial charge in [0.2, 0.25) is 0 Å². The third-order valence-corrected chi connectivity index (χ3v) is 2.91. The highest BCUT2D eigenvalue weighted by molar-refractivity contribution is 5.92. The second kappa shape index (κ2) is 4.96. The Kier molecular flexibility index (Phi) is 3.51. The molecule has 19 heavy (non-hydrogen) atoms. The molecular formula is C10H13N3O6. The van der Waals surface area contributed by atoms with Gasteiger partial charge in [-0.25, -0.2) is 9.59 Å². The predicted molar refractivity (Wildman–Crippen MR) is 61.5 cm³/mol. The van der Waals surface area contributed by atoms with Crippen LogP contribution < -0.4 is 11.4 Å². The predicted octanol–water partition coefficient (Wildman–Crippen LogP) is -1.84. The van der Waals surface area contributed by atoms with Gasteiger partial charge in [-0.3, -0.25) is 4.57 Å². The van der Waals surface area contributed by atoms with E-state index in [2.05, 4.69) is 4.98 Å². The lowest BCUT2D eigenvalue weighted by Gasteiger charge is -2.15. The molecule has 2 rings (SSSR count). The molecule has 1 aromatic heterocycles. The number of ether oxygens (including phenoxy) is 1. The van der Waals surface area contributed by atoms with Crippen LogP contribution in [0.3, 0.4) is 0 Å². The number of nitrogen functional groups attached to an aromatic ring is 1. The molecule has 9 heteroatoms. The molecule has 0 bridgehead atoms. The number of aliphatic hydroxyl groups excluding tert-OH is 2. The highest BCUT2D eigenvalue weighted by Gasteiger charge is 2.35. The molecule has 1 aromatic rings. The third kappa shape index (κ3) is 2.43. The first-order chi connectivity index (χ1) is 8.93. The Hall–Kier alpha value is -1.97. The van der Waals surface area contributed by atoms with Crippen LogP contribution in [0.5, 0.6) is 0 Å². The van der Waals surface area contributed by atoms with Crippen LogP contribution in [0, 0.1) is 0 Å². The summed E-state index contributed by atoms with van der Waals surface area (Å²) in [6.45, 7) is -0.402. The summed E-state index contributed by atoms with van der Waals surface area (Å²) in [4.78, 5) is 26.0. The maximum atomic E-state index is 11.7. The van der Waals surface area contributed by atoms with Crippen LogP contribution in [0.2, 0.25) is 0 Å². The van der Waals surface area contributed by atoms with Crippen molar-refractivity contribution in [1.82, 2.24) is 9.55 Å². The van der Waals surface area contributed by atoms with E-state index in [-0.39, 0.29) is 17.8 Å². The SMILES string of the molecule is Nc1nc(=O)n([C@@H]2C[C@@H](O)[C@H](CO)O2)cc1C(=O)O. The Morgan fingerprint density at radius 3 is 2.84 bits per heavy atom. The Morgan fingerprint density at radius 1 is 1.63 bits per heavy atom. The number of carboxylic acids is 1. The van der Waals surface area contributed by atoms with Crippen LogP contribution in [0.25, 0.3) is 0 Å². The van der Waals surface area contributed by atoms with Crippen LogP contribution in [-0.4, -0.2) is 49.7 Å². The van der Waals surface area contributed by atoms with E-state index in [0.717, 1.165) is 10.8 Å². The average molecular weight is 271 g/mol. The minimum Gasteiger partial charge on any atom is -0.478 e. The summed E-state index contributed by atoms with van der Waals surface area (Å²) in [6, 6.07) is 0. The molecule has 104 valence electrons. The number of hydrogen-bond donors (Lipinski definition) is 4. The molecule has 5 N–H and O–H groups in total. The number of aromatic nitrogens is 2. The van der Waals surface area contributed by atoms with Gasteiger partial charge in [0.05, 0.1) is 12.7 Å². The van der Waals surface area contributed by atoms with Gasteiger partial charge in [0.15, 0.2) is 0 Å². The molecule has 0 saturated carbocycles. The van der Waals surface area contributed by atoms with E-state index in [4.69, 9.17) is 20.7 Å². The van der Waals surface area contributed by atoms with Crippen molar-refractivity contribution >= 4 is 11.8 Å². The molecule has 1 aliphatic rings. The van der Waals surface area contributed by atoms with Crippen LogP contribution in [0.15, 0.2) is 11.0 Å². The van der Waals surface area contributed by atoms with E-state index in [0.29, 0.717) is 0 Å². The van der Waals surface area contributed by atoms with Crippen molar-refractivity contribution in [2.75, 3.05) is 12.3 Å². The Bertz CT molecular complexity index is 557. The Morgan fingerprint density at radius 2 is 2.32 bits per heavy atom. The molecule has 3 atom stereocenters. The molecular weight excluding hydrogens is 258 g/mol. The molecule has 0 amide bonds. The van der Waals surface area contributed by atoms with Crippen LogP contribution >= 0.6 is 0 Å².